The predicted octanol–water partition coefficient (Wildman–Crippen LogP) is 2.81. The fourth-order valence-corrected chi connectivity index (χ4v) is 3.06. The van der Waals surface area contributed by atoms with Crippen molar-refractivity contribution in [3.8, 4) is 0 Å². The summed E-state index contributed by atoms with van der Waals surface area (Å²) in [5.74, 6) is -1.89. The lowest BCUT2D eigenvalue weighted by Gasteiger charge is -2.33. The topological polar surface area (TPSA) is 58.2 Å². The second-order valence-electron chi connectivity index (χ2n) is 5.97. The number of aromatic nitrogens is 2. The highest BCUT2D eigenvalue weighted by Crippen LogP contribution is 2.34. The average molecular weight is 335 g/mol. The van der Waals surface area contributed by atoms with Crippen LogP contribution in [0.4, 0.5) is 8.78 Å². The molecule has 0 bridgehead atoms. The van der Waals surface area contributed by atoms with Gasteiger partial charge < -0.3 is 9.64 Å². The molecule has 3 rings (SSSR count). The number of nitrogens with one attached hydrogen (secondary N) is 1. The fraction of sp³-hybridized carbons (Fsp3) is 0.412. The minimum Gasteiger partial charge on any atom is -0.373 e. The zero-order valence-corrected chi connectivity index (χ0v) is 13.3. The number of benzene rings is 1. The molecule has 5 nitrogen and oxygen atoms in total. The number of aromatic amines is 1. The number of hydrogen-bond acceptors (Lipinski definition) is 3. The molecule has 1 aromatic carbocycles. The molecule has 0 spiro atoms. The Hall–Kier alpha value is -2.28. The Morgan fingerprint density at radius 1 is 1.42 bits per heavy atom. The fourth-order valence-electron chi connectivity index (χ4n) is 3.06. The molecule has 2 aromatic rings. The molecule has 1 aromatic heterocycles. The van der Waals surface area contributed by atoms with E-state index in [1.807, 2.05) is 0 Å². The van der Waals surface area contributed by atoms with Crippen molar-refractivity contribution in [2.75, 3.05) is 13.7 Å². The molecule has 0 radical (unpaired) electrons. The second-order valence-corrected chi connectivity index (χ2v) is 5.97. The summed E-state index contributed by atoms with van der Waals surface area (Å²) in [6.45, 7) is 0.456. The summed E-state index contributed by atoms with van der Waals surface area (Å²) < 4.78 is 33.4. The van der Waals surface area contributed by atoms with E-state index in [0.717, 1.165) is 12.0 Å². The van der Waals surface area contributed by atoms with Gasteiger partial charge in [0.25, 0.3) is 0 Å². The number of H-pyrrole nitrogens is 1. The van der Waals surface area contributed by atoms with Crippen LogP contribution in [0.25, 0.3) is 0 Å². The van der Waals surface area contributed by atoms with Crippen LogP contribution in [0, 0.1) is 17.6 Å². The zero-order chi connectivity index (χ0) is 17.1. The maximum Gasteiger partial charge on any atom is 0.228 e. The van der Waals surface area contributed by atoms with Gasteiger partial charge in [0.2, 0.25) is 5.91 Å². The van der Waals surface area contributed by atoms with Crippen molar-refractivity contribution in [1.82, 2.24) is 15.1 Å². The Kier molecular flexibility index (Phi) is 4.89. The molecule has 2 atom stereocenters. The van der Waals surface area contributed by atoms with Gasteiger partial charge in [-0.15, -0.1) is 0 Å². The maximum atomic E-state index is 13.8. The minimum absolute atomic E-state index is 0.107. The van der Waals surface area contributed by atoms with E-state index < -0.39 is 23.7 Å². The average Bonchev–Trinajstić information content (AvgIpc) is 3.12. The van der Waals surface area contributed by atoms with Crippen molar-refractivity contribution in [2.24, 2.45) is 5.92 Å². The molecule has 128 valence electrons. The van der Waals surface area contributed by atoms with Crippen molar-refractivity contribution < 1.29 is 18.3 Å². The number of nitrogens with zero attached hydrogens (tertiary/aromatic N) is 2. The maximum absolute atomic E-state index is 13.8. The molecule has 24 heavy (non-hydrogen) atoms. The number of hydrogen-bond donors (Lipinski definition) is 1. The monoisotopic (exact) mass is 335 g/mol. The Balaban J connectivity index is 1.76. The lowest BCUT2D eigenvalue weighted by Crippen LogP contribution is -2.38. The van der Waals surface area contributed by atoms with E-state index in [0.29, 0.717) is 13.0 Å². The lowest BCUT2D eigenvalue weighted by molar-refractivity contribution is -0.144. The standard InChI is InChI=1S/C17H19F2N3O2/c1-22(10-13-14(18)5-2-6-15(13)19)17(23)12-4-3-7-24-16(12)11-8-20-21-9-11/h2,5-6,8-9,12,16H,3-4,7,10H2,1H3,(H,20,21)/t12-,16+/m1/s1. The highest BCUT2D eigenvalue weighted by atomic mass is 19.1. The lowest BCUT2D eigenvalue weighted by atomic mass is 9.89. The summed E-state index contributed by atoms with van der Waals surface area (Å²) in [6.07, 6.45) is 4.38. The van der Waals surface area contributed by atoms with Crippen LogP contribution in [0.3, 0.4) is 0 Å². The molecule has 1 N–H and O–H groups in total. The number of halogens is 2. The van der Waals surface area contributed by atoms with Crippen molar-refractivity contribution >= 4 is 5.91 Å². The first-order valence-electron chi connectivity index (χ1n) is 7.86. The first-order valence-corrected chi connectivity index (χ1v) is 7.86. The third-order valence-corrected chi connectivity index (χ3v) is 4.32. The number of carbonyl (C=O) groups excluding carboxylic acids is 1. The van der Waals surface area contributed by atoms with Crippen LogP contribution in [0.5, 0.6) is 0 Å². The number of ether oxygens (including phenoxy) is 1. The number of rotatable bonds is 4. The molecule has 7 heteroatoms. The molecule has 1 amide bonds. The van der Waals surface area contributed by atoms with Crippen LogP contribution in [-0.4, -0.2) is 34.7 Å². The summed E-state index contributed by atoms with van der Waals surface area (Å²) in [5.41, 5.74) is 0.698. The zero-order valence-electron chi connectivity index (χ0n) is 13.3. The highest BCUT2D eigenvalue weighted by molar-refractivity contribution is 5.79. The second kappa shape index (κ2) is 7.09. The van der Waals surface area contributed by atoms with Gasteiger partial charge in [-0.05, 0) is 25.0 Å². The van der Waals surface area contributed by atoms with Crippen LogP contribution >= 0.6 is 0 Å². The summed E-state index contributed by atoms with van der Waals surface area (Å²) in [4.78, 5) is 14.2. The van der Waals surface area contributed by atoms with Crippen LogP contribution in [-0.2, 0) is 16.1 Å². The molecule has 1 fully saturated rings. The predicted molar refractivity (Wildman–Crippen MR) is 82.8 cm³/mol. The molecule has 0 saturated carbocycles. The summed E-state index contributed by atoms with van der Waals surface area (Å²) in [5, 5.41) is 6.61. The smallest absolute Gasteiger partial charge is 0.228 e. The van der Waals surface area contributed by atoms with Gasteiger partial charge in [0.15, 0.2) is 0 Å². The minimum atomic E-state index is -0.652. The van der Waals surface area contributed by atoms with Gasteiger partial charge in [-0.1, -0.05) is 6.07 Å². The molecule has 1 aliphatic heterocycles. The normalized spacial score (nSPS) is 20.8. The van der Waals surface area contributed by atoms with E-state index in [9.17, 15) is 13.6 Å². The van der Waals surface area contributed by atoms with Gasteiger partial charge in [-0.3, -0.25) is 9.89 Å². The first kappa shape index (κ1) is 16.6. The molecular weight excluding hydrogens is 316 g/mol. The number of amides is 1. The van der Waals surface area contributed by atoms with Gasteiger partial charge in [-0.2, -0.15) is 5.10 Å². The number of carbonyl (C=O) groups is 1. The quantitative estimate of drug-likeness (QED) is 0.935. The third kappa shape index (κ3) is 3.31. The largest absolute Gasteiger partial charge is 0.373 e. The van der Waals surface area contributed by atoms with E-state index in [2.05, 4.69) is 10.2 Å². The molecule has 2 heterocycles. The van der Waals surface area contributed by atoms with Crippen LogP contribution in [0.2, 0.25) is 0 Å². The summed E-state index contributed by atoms with van der Waals surface area (Å²) >= 11 is 0. The van der Waals surface area contributed by atoms with Crippen LogP contribution < -0.4 is 0 Å². The molecule has 1 aliphatic rings. The Morgan fingerprint density at radius 3 is 2.83 bits per heavy atom. The molecular formula is C17H19F2N3O2. The van der Waals surface area contributed by atoms with E-state index in [1.165, 1.54) is 23.1 Å². The van der Waals surface area contributed by atoms with Crippen molar-refractivity contribution in [3.63, 3.8) is 0 Å². The van der Waals surface area contributed by atoms with Gasteiger partial charge in [0.1, 0.15) is 11.6 Å². The van der Waals surface area contributed by atoms with Crippen molar-refractivity contribution in [1.29, 1.82) is 0 Å². The molecule has 0 unspecified atom stereocenters. The Morgan fingerprint density at radius 2 is 2.17 bits per heavy atom. The Bertz CT molecular complexity index is 686. The summed E-state index contributed by atoms with van der Waals surface area (Å²) in [7, 11) is 1.55. The molecule has 1 saturated heterocycles. The SMILES string of the molecule is CN(Cc1c(F)cccc1F)C(=O)[C@@H]1CCCO[C@H]1c1cn[nH]c1. The third-order valence-electron chi connectivity index (χ3n) is 4.32. The van der Waals surface area contributed by atoms with E-state index in [1.54, 1.807) is 19.4 Å². The summed E-state index contributed by atoms with van der Waals surface area (Å²) in [6, 6.07) is 3.68. The van der Waals surface area contributed by atoms with Crippen molar-refractivity contribution in [3.05, 3.63) is 53.4 Å². The van der Waals surface area contributed by atoms with Gasteiger partial charge >= 0.3 is 0 Å². The highest BCUT2D eigenvalue weighted by Gasteiger charge is 2.35. The molecule has 0 aliphatic carbocycles. The van der Waals surface area contributed by atoms with Gasteiger partial charge in [0, 0.05) is 31.0 Å². The van der Waals surface area contributed by atoms with E-state index in [-0.39, 0.29) is 18.0 Å². The Labute approximate surface area is 138 Å². The first-order chi connectivity index (χ1) is 11.6. The van der Waals surface area contributed by atoms with E-state index >= 15 is 0 Å². The van der Waals surface area contributed by atoms with Crippen LogP contribution in [0.15, 0.2) is 30.6 Å². The van der Waals surface area contributed by atoms with Crippen molar-refractivity contribution in [2.45, 2.75) is 25.5 Å². The van der Waals surface area contributed by atoms with Crippen LogP contribution in [0.1, 0.15) is 30.1 Å². The van der Waals surface area contributed by atoms with Gasteiger partial charge in [-0.25, -0.2) is 8.78 Å². The van der Waals surface area contributed by atoms with E-state index in [4.69, 9.17) is 4.74 Å². The van der Waals surface area contributed by atoms with Gasteiger partial charge in [0.05, 0.1) is 24.8 Å².